The molecule has 0 saturated carbocycles. The largest absolute Gasteiger partial charge is 0.457 e. The van der Waals surface area contributed by atoms with Crippen molar-refractivity contribution in [1.82, 2.24) is 15.0 Å². The van der Waals surface area contributed by atoms with Crippen molar-refractivity contribution in [1.29, 1.82) is 0 Å². The van der Waals surface area contributed by atoms with E-state index in [0.717, 1.165) is 0 Å². The van der Waals surface area contributed by atoms with Crippen LogP contribution in [0.3, 0.4) is 0 Å². The Labute approximate surface area is 87.2 Å². The monoisotopic (exact) mass is 211 g/mol. The summed E-state index contributed by atoms with van der Waals surface area (Å²) in [4.78, 5) is 11.4. The first-order valence-corrected chi connectivity index (χ1v) is 4.49. The van der Waals surface area contributed by atoms with Gasteiger partial charge in [0.2, 0.25) is 0 Å². The Morgan fingerprint density at radius 3 is 3.07 bits per heavy atom. The van der Waals surface area contributed by atoms with Gasteiger partial charge in [0.1, 0.15) is 6.61 Å². The molecule has 1 aromatic rings. The smallest absolute Gasteiger partial charge is 0.361 e. The minimum Gasteiger partial charge on any atom is -0.457 e. The number of aromatic nitrogens is 3. The highest BCUT2D eigenvalue weighted by Crippen LogP contribution is 2.05. The molecule has 1 heterocycles. The fraction of sp³-hybridized carbons (Fsp3) is 0.444. The predicted octanol–water partition coefficient (Wildman–Crippen LogP) is -0.0784. The number of hydrogen-bond acceptors (Lipinski definition) is 5. The molecule has 15 heavy (non-hydrogen) atoms. The van der Waals surface area contributed by atoms with Crippen molar-refractivity contribution in [2.75, 3.05) is 13.2 Å². The topological polar surface area (TPSA) is 77.2 Å². The Morgan fingerprint density at radius 1 is 1.73 bits per heavy atom. The zero-order valence-corrected chi connectivity index (χ0v) is 8.51. The van der Waals surface area contributed by atoms with Gasteiger partial charge in [-0.15, -0.1) is 5.10 Å². The Morgan fingerprint density at radius 2 is 2.47 bits per heavy atom. The van der Waals surface area contributed by atoms with E-state index >= 15 is 0 Å². The summed E-state index contributed by atoms with van der Waals surface area (Å²) in [6, 6.07) is 0. The van der Waals surface area contributed by atoms with Crippen molar-refractivity contribution >= 4 is 5.97 Å². The van der Waals surface area contributed by atoms with Crippen LogP contribution in [0.15, 0.2) is 12.7 Å². The van der Waals surface area contributed by atoms with Gasteiger partial charge in [-0.05, 0) is 6.92 Å². The van der Waals surface area contributed by atoms with Crippen LogP contribution < -0.4 is 0 Å². The van der Waals surface area contributed by atoms with Crippen LogP contribution in [0, 0.1) is 6.92 Å². The molecule has 0 radical (unpaired) electrons. The third-order valence-electron chi connectivity index (χ3n) is 1.82. The van der Waals surface area contributed by atoms with Crippen LogP contribution in [0.2, 0.25) is 0 Å². The van der Waals surface area contributed by atoms with E-state index in [0.29, 0.717) is 12.2 Å². The predicted molar refractivity (Wildman–Crippen MR) is 52.3 cm³/mol. The summed E-state index contributed by atoms with van der Waals surface area (Å²) in [6.45, 7) is 5.53. The first kappa shape index (κ1) is 11.4. The maximum absolute atomic E-state index is 11.4. The third-order valence-corrected chi connectivity index (χ3v) is 1.82. The summed E-state index contributed by atoms with van der Waals surface area (Å²) in [5, 5.41) is 16.1. The average molecular weight is 211 g/mol. The second kappa shape index (κ2) is 5.26. The van der Waals surface area contributed by atoms with E-state index in [1.165, 1.54) is 10.8 Å². The molecule has 0 aliphatic carbocycles. The lowest BCUT2D eigenvalue weighted by Gasteiger charge is -2.00. The van der Waals surface area contributed by atoms with E-state index in [1.807, 2.05) is 0 Å². The first-order chi connectivity index (χ1) is 7.20. The van der Waals surface area contributed by atoms with Gasteiger partial charge in [-0.25, -0.2) is 9.48 Å². The van der Waals surface area contributed by atoms with Crippen LogP contribution in [0.5, 0.6) is 0 Å². The third kappa shape index (κ3) is 2.63. The maximum atomic E-state index is 11.4. The van der Waals surface area contributed by atoms with Crippen molar-refractivity contribution in [2.45, 2.75) is 13.5 Å². The number of carbonyl (C=O) groups is 1. The number of rotatable bonds is 5. The lowest BCUT2D eigenvalue weighted by Crippen LogP contribution is -2.09. The number of hydrogen-bond donors (Lipinski definition) is 1. The molecule has 0 bridgehead atoms. The highest BCUT2D eigenvalue weighted by Gasteiger charge is 2.16. The van der Waals surface area contributed by atoms with Gasteiger partial charge in [-0.1, -0.05) is 17.9 Å². The number of ether oxygens (including phenoxy) is 1. The van der Waals surface area contributed by atoms with Gasteiger partial charge in [0, 0.05) is 0 Å². The number of carbonyl (C=O) groups excluding carboxylic acids is 1. The molecule has 6 heteroatoms. The van der Waals surface area contributed by atoms with Gasteiger partial charge < -0.3 is 9.84 Å². The van der Waals surface area contributed by atoms with Crippen LogP contribution in [0.4, 0.5) is 0 Å². The molecule has 0 aliphatic heterocycles. The average Bonchev–Trinajstić information content (AvgIpc) is 2.58. The Bertz CT molecular complexity index is 359. The van der Waals surface area contributed by atoms with Gasteiger partial charge >= 0.3 is 5.97 Å². The molecular formula is C9H13N3O3. The molecular weight excluding hydrogens is 198 g/mol. The Hall–Kier alpha value is -1.69. The molecule has 1 N–H and O–H groups in total. The van der Waals surface area contributed by atoms with Crippen molar-refractivity contribution in [2.24, 2.45) is 0 Å². The molecule has 0 unspecified atom stereocenters. The molecule has 0 aromatic carbocycles. The highest BCUT2D eigenvalue weighted by molar-refractivity contribution is 5.88. The van der Waals surface area contributed by atoms with Crippen LogP contribution in [0.25, 0.3) is 0 Å². The van der Waals surface area contributed by atoms with E-state index in [9.17, 15) is 4.79 Å². The summed E-state index contributed by atoms with van der Waals surface area (Å²) in [5.74, 6) is -0.531. The molecule has 0 saturated heterocycles. The number of esters is 1. The van der Waals surface area contributed by atoms with Crippen LogP contribution in [0.1, 0.15) is 16.2 Å². The lowest BCUT2D eigenvalue weighted by molar-refractivity contribution is 0.0542. The fourth-order valence-electron chi connectivity index (χ4n) is 1.06. The minimum absolute atomic E-state index is 0.0503. The van der Waals surface area contributed by atoms with Crippen molar-refractivity contribution in [3.8, 4) is 0 Å². The van der Waals surface area contributed by atoms with Crippen molar-refractivity contribution in [3.63, 3.8) is 0 Å². The van der Waals surface area contributed by atoms with E-state index < -0.39 is 5.97 Å². The molecule has 0 amide bonds. The summed E-state index contributed by atoms with van der Waals surface area (Å²) in [6.07, 6.45) is 1.48. The second-order valence-corrected chi connectivity index (χ2v) is 2.86. The zero-order valence-electron chi connectivity index (χ0n) is 8.51. The number of aliphatic hydroxyl groups is 1. The molecule has 0 fully saturated rings. The summed E-state index contributed by atoms with van der Waals surface area (Å²) < 4.78 is 6.26. The standard InChI is InChI=1S/C9H13N3O3/c1-3-6-15-9(14)8-7(2)12(4-5-13)11-10-8/h3,13H,1,4-6H2,2H3. The number of nitrogens with zero attached hydrogens (tertiary/aromatic N) is 3. The molecule has 1 aromatic heterocycles. The van der Waals surface area contributed by atoms with Crippen LogP contribution in [-0.4, -0.2) is 39.3 Å². The minimum atomic E-state index is -0.531. The van der Waals surface area contributed by atoms with E-state index in [2.05, 4.69) is 16.9 Å². The lowest BCUT2D eigenvalue weighted by atomic mass is 10.3. The zero-order chi connectivity index (χ0) is 11.3. The Balaban J connectivity index is 2.76. The molecule has 0 spiro atoms. The van der Waals surface area contributed by atoms with E-state index in [-0.39, 0.29) is 18.9 Å². The van der Waals surface area contributed by atoms with E-state index in [4.69, 9.17) is 9.84 Å². The molecule has 0 atom stereocenters. The maximum Gasteiger partial charge on any atom is 0.361 e. The quantitative estimate of drug-likeness (QED) is 0.544. The fourth-order valence-corrected chi connectivity index (χ4v) is 1.06. The van der Waals surface area contributed by atoms with Gasteiger partial charge in [0.05, 0.1) is 18.8 Å². The molecule has 6 nitrogen and oxygen atoms in total. The summed E-state index contributed by atoms with van der Waals surface area (Å²) in [5.41, 5.74) is 0.753. The summed E-state index contributed by atoms with van der Waals surface area (Å²) in [7, 11) is 0. The first-order valence-electron chi connectivity index (χ1n) is 4.49. The molecule has 1 rings (SSSR count). The van der Waals surface area contributed by atoms with Gasteiger partial charge in [-0.3, -0.25) is 0 Å². The van der Waals surface area contributed by atoms with Gasteiger partial charge in [-0.2, -0.15) is 0 Å². The van der Waals surface area contributed by atoms with Gasteiger partial charge in [0.25, 0.3) is 0 Å². The van der Waals surface area contributed by atoms with Crippen LogP contribution in [-0.2, 0) is 11.3 Å². The highest BCUT2D eigenvalue weighted by atomic mass is 16.5. The van der Waals surface area contributed by atoms with Crippen molar-refractivity contribution < 1.29 is 14.6 Å². The number of aliphatic hydroxyl groups excluding tert-OH is 1. The van der Waals surface area contributed by atoms with Crippen LogP contribution >= 0.6 is 0 Å². The van der Waals surface area contributed by atoms with E-state index in [1.54, 1.807) is 6.92 Å². The van der Waals surface area contributed by atoms with Gasteiger partial charge in [0.15, 0.2) is 5.69 Å². The normalized spacial score (nSPS) is 10.0. The SMILES string of the molecule is C=CCOC(=O)c1nnn(CCO)c1C. The molecule has 0 aliphatic rings. The molecule has 82 valence electrons. The van der Waals surface area contributed by atoms with Crippen molar-refractivity contribution in [3.05, 3.63) is 24.0 Å². The summed E-state index contributed by atoms with van der Waals surface area (Å²) >= 11 is 0. The Kier molecular flexibility index (Phi) is 3.99. The second-order valence-electron chi connectivity index (χ2n) is 2.86.